The van der Waals surface area contributed by atoms with Crippen LogP contribution in [0.2, 0.25) is 0 Å². The smallest absolute Gasteiger partial charge is 0.230 e. The van der Waals surface area contributed by atoms with Crippen LogP contribution < -0.4 is 9.80 Å². The molecule has 0 N–H and O–H groups in total. The second-order valence-corrected chi connectivity index (χ2v) is 8.10. The van der Waals surface area contributed by atoms with Gasteiger partial charge >= 0.3 is 0 Å². The first-order chi connectivity index (χ1) is 14.7. The molecule has 0 saturated carbocycles. The van der Waals surface area contributed by atoms with Gasteiger partial charge in [-0.3, -0.25) is 4.79 Å². The highest BCUT2D eigenvalue weighted by atomic mass is 16.2. The number of benzene rings is 2. The number of fused-ring (bicyclic) bond motifs is 2. The molecule has 0 spiro atoms. The molecule has 2 aromatic carbocycles. The largest absolute Gasteiger partial charge is 0.371 e. The number of nitrogens with zero attached hydrogens (tertiary/aromatic N) is 4. The van der Waals surface area contributed by atoms with Gasteiger partial charge in [0.1, 0.15) is 0 Å². The number of amides is 1. The molecule has 1 aromatic heterocycles. The summed E-state index contributed by atoms with van der Waals surface area (Å²) < 4.78 is 2.23. The summed E-state index contributed by atoms with van der Waals surface area (Å²) in [5.74, 6) is 0.248. The average molecular weight is 396 g/mol. The van der Waals surface area contributed by atoms with Crippen LogP contribution in [0.15, 0.2) is 66.9 Å². The van der Waals surface area contributed by atoms with Gasteiger partial charge in [-0.1, -0.05) is 24.3 Å². The molecular formula is C25H24N4O. The molecule has 150 valence electrons. The minimum atomic E-state index is 0.0231. The highest BCUT2D eigenvalue weighted by Crippen LogP contribution is 2.32. The van der Waals surface area contributed by atoms with Gasteiger partial charge in [0.05, 0.1) is 18.2 Å². The Morgan fingerprint density at radius 1 is 0.967 bits per heavy atom. The predicted octanol–water partition coefficient (Wildman–Crippen LogP) is 4.17. The number of hydrogen-bond acceptors (Lipinski definition) is 3. The molecule has 1 amide bonds. The molecule has 0 radical (unpaired) electrons. The SMILES string of the molecule is N#Cc1cccc(N2CCC(C(=O)N3Cc4cccn4Cc4ccccc43)CC2)c1. The number of piperidine rings is 1. The summed E-state index contributed by atoms with van der Waals surface area (Å²) in [7, 11) is 0. The number of carbonyl (C=O) groups is 1. The van der Waals surface area contributed by atoms with Crippen molar-refractivity contribution in [2.24, 2.45) is 5.92 Å². The Bertz CT molecular complexity index is 1120. The van der Waals surface area contributed by atoms with E-state index in [4.69, 9.17) is 5.26 Å². The molecule has 30 heavy (non-hydrogen) atoms. The maximum absolute atomic E-state index is 13.6. The number of para-hydroxylation sites is 1. The Morgan fingerprint density at radius 2 is 1.80 bits per heavy atom. The maximum Gasteiger partial charge on any atom is 0.230 e. The molecule has 0 aliphatic carbocycles. The van der Waals surface area contributed by atoms with E-state index in [2.05, 4.69) is 46.0 Å². The average Bonchev–Trinajstić information content (AvgIpc) is 3.17. The second kappa shape index (κ2) is 7.72. The van der Waals surface area contributed by atoms with Gasteiger partial charge in [0.25, 0.3) is 0 Å². The van der Waals surface area contributed by atoms with Gasteiger partial charge in [0.2, 0.25) is 5.91 Å². The zero-order valence-corrected chi connectivity index (χ0v) is 16.9. The lowest BCUT2D eigenvalue weighted by Crippen LogP contribution is -2.42. The molecule has 0 atom stereocenters. The van der Waals surface area contributed by atoms with Crippen LogP contribution in [-0.2, 0) is 17.9 Å². The summed E-state index contributed by atoms with van der Waals surface area (Å²) in [6.45, 7) is 3.08. The van der Waals surface area contributed by atoms with Crippen LogP contribution in [-0.4, -0.2) is 23.6 Å². The van der Waals surface area contributed by atoms with E-state index in [1.165, 1.54) is 11.3 Å². The molecule has 5 heteroatoms. The lowest BCUT2D eigenvalue weighted by Gasteiger charge is -2.35. The first-order valence-corrected chi connectivity index (χ1v) is 10.5. The van der Waals surface area contributed by atoms with Crippen molar-refractivity contribution in [2.75, 3.05) is 22.9 Å². The van der Waals surface area contributed by atoms with Crippen LogP contribution in [0, 0.1) is 17.2 Å². The van der Waals surface area contributed by atoms with Gasteiger partial charge in [0.15, 0.2) is 0 Å². The van der Waals surface area contributed by atoms with Crippen molar-refractivity contribution in [1.82, 2.24) is 4.57 Å². The monoisotopic (exact) mass is 396 g/mol. The fraction of sp³-hybridized carbons (Fsp3) is 0.280. The Balaban J connectivity index is 1.35. The minimum Gasteiger partial charge on any atom is -0.371 e. The van der Waals surface area contributed by atoms with Gasteiger partial charge in [-0.2, -0.15) is 5.26 Å². The van der Waals surface area contributed by atoms with Crippen molar-refractivity contribution in [2.45, 2.75) is 25.9 Å². The Hall–Kier alpha value is -3.52. The fourth-order valence-corrected chi connectivity index (χ4v) is 4.66. The van der Waals surface area contributed by atoms with E-state index in [1.807, 2.05) is 41.3 Å². The lowest BCUT2D eigenvalue weighted by molar-refractivity contribution is -0.123. The Labute approximate surface area is 176 Å². The van der Waals surface area contributed by atoms with Crippen LogP contribution in [0.25, 0.3) is 0 Å². The highest BCUT2D eigenvalue weighted by molar-refractivity contribution is 5.96. The maximum atomic E-state index is 13.6. The molecule has 2 aliphatic rings. The summed E-state index contributed by atoms with van der Waals surface area (Å²) in [5.41, 5.74) is 5.14. The quantitative estimate of drug-likeness (QED) is 0.653. The van der Waals surface area contributed by atoms with Crippen molar-refractivity contribution >= 4 is 17.3 Å². The molecule has 5 nitrogen and oxygen atoms in total. The molecule has 1 fully saturated rings. The van der Waals surface area contributed by atoms with Crippen LogP contribution in [0.1, 0.15) is 29.7 Å². The number of rotatable bonds is 2. The summed E-state index contributed by atoms with van der Waals surface area (Å²) in [5, 5.41) is 9.16. The lowest BCUT2D eigenvalue weighted by atomic mass is 9.94. The van der Waals surface area contributed by atoms with Crippen LogP contribution >= 0.6 is 0 Å². The normalized spacial score (nSPS) is 16.4. The highest BCUT2D eigenvalue weighted by Gasteiger charge is 2.32. The first kappa shape index (κ1) is 18.5. The topological polar surface area (TPSA) is 52.3 Å². The number of nitriles is 1. The zero-order valence-electron chi connectivity index (χ0n) is 16.9. The van der Waals surface area contributed by atoms with Crippen molar-refractivity contribution in [1.29, 1.82) is 5.26 Å². The third-order valence-electron chi connectivity index (χ3n) is 6.32. The molecule has 2 aliphatic heterocycles. The van der Waals surface area contributed by atoms with E-state index in [0.29, 0.717) is 12.1 Å². The van der Waals surface area contributed by atoms with E-state index in [9.17, 15) is 4.79 Å². The zero-order chi connectivity index (χ0) is 20.5. The molecule has 3 heterocycles. The molecule has 0 unspecified atom stereocenters. The van der Waals surface area contributed by atoms with Crippen LogP contribution in [0.4, 0.5) is 11.4 Å². The summed E-state index contributed by atoms with van der Waals surface area (Å²) in [6, 6.07) is 22.4. The van der Waals surface area contributed by atoms with Crippen molar-refractivity contribution < 1.29 is 4.79 Å². The third-order valence-corrected chi connectivity index (χ3v) is 6.32. The fourth-order valence-electron chi connectivity index (χ4n) is 4.66. The van der Waals surface area contributed by atoms with Gasteiger partial charge < -0.3 is 14.4 Å². The van der Waals surface area contributed by atoms with Gasteiger partial charge in [0, 0.05) is 48.8 Å². The second-order valence-electron chi connectivity index (χ2n) is 8.10. The number of anilines is 2. The van der Waals surface area contributed by atoms with E-state index < -0.39 is 0 Å². The van der Waals surface area contributed by atoms with Crippen molar-refractivity contribution in [3.05, 3.63) is 83.7 Å². The summed E-state index contributed by atoms with van der Waals surface area (Å²) in [6.07, 6.45) is 3.75. The summed E-state index contributed by atoms with van der Waals surface area (Å²) >= 11 is 0. The van der Waals surface area contributed by atoms with Gasteiger partial charge in [-0.15, -0.1) is 0 Å². The first-order valence-electron chi connectivity index (χ1n) is 10.5. The van der Waals surface area contributed by atoms with E-state index in [0.717, 1.165) is 43.9 Å². The van der Waals surface area contributed by atoms with Crippen LogP contribution in [0.5, 0.6) is 0 Å². The molecular weight excluding hydrogens is 372 g/mol. The molecule has 0 bridgehead atoms. The van der Waals surface area contributed by atoms with Gasteiger partial charge in [-0.05, 0) is 54.8 Å². The Kier molecular flexibility index (Phi) is 4.76. The molecule has 5 rings (SSSR count). The summed E-state index contributed by atoms with van der Waals surface area (Å²) in [4.78, 5) is 17.9. The standard InChI is InChI=1S/C25H24N4O/c26-16-19-5-3-7-22(15-19)27-13-10-20(11-14-27)25(30)29-18-23-8-4-12-28(23)17-21-6-1-2-9-24(21)29/h1-9,12,15,20H,10-11,13-14,17-18H2. The van der Waals surface area contributed by atoms with E-state index in [-0.39, 0.29) is 11.8 Å². The van der Waals surface area contributed by atoms with E-state index in [1.54, 1.807) is 0 Å². The van der Waals surface area contributed by atoms with Crippen molar-refractivity contribution in [3.63, 3.8) is 0 Å². The predicted molar refractivity (Wildman–Crippen MR) is 117 cm³/mol. The minimum absolute atomic E-state index is 0.0231. The van der Waals surface area contributed by atoms with E-state index >= 15 is 0 Å². The van der Waals surface area contributed by atoms with Crippen molar-refractivity contribution in [3.8, 4) is 6.07 Å². The number of carbonyl (C=O) groups excluding carboxylic acids is 1. The van der Waals surface area contributed by atoms with Gasteiger partial charge in [-0.25, -0.2) is 0 Å². The number of hydrogen-bond donors (Lipinski definition) is 0. The van der Waals surface area contributed by atoms with Crippen LogP contribution in [0.3, 0.4) is 0 Å². The molecule has 3 aromatic rings. The number of aromatic nitrogens is 1. The molecule has 1 saturated heterocycles. The third kappa shape index (κ3) is 3.35. The Morgan fingerprint density at radius 3 is 2.63 bits per heavy atom.